The number of rotatable bonds is 0. The number of carbonyl (C=O) groups is 1. The fourth-order valence-electron chi connectivity index (χ4n) is 7.62. The van der Waals surface area contributed by atoms with Crippen LogP contribution >= 0.6 is 0 Å². The van der Waals surface area contributed by atoms with Gasteiger partial charge in [0.25, 0.3) is 0 Å². The van der Waals surface area contributed by atoms with E-state index in [2.05, 4.69) is 6.92 Å². The molecule has 126 valence electrons. The lowest BCUT2D eigenvalue weighted by atomic mass is 9.50. The minimum Gasteiger partial charge on any atom is -0.374 e. The molecule has 2 nitrogen and oxygen atoms in total. The Bertz CT molecular complexity index is 556. The summed E-state index contributed by atoms with van der Waals surface area (Å²) in [7, 11) is 0. The van der Waals surface area contributed by atoms with Crippen LogP contribution in [0.5, 0.6) is 0 Å². The number of ether oxygens (including phenoxy) is 1. The first-order valence-corrected chi connectivity index (χ1v) is 10.0. The van der Waals surface area contributed by atoms with Gasteiger partial charge >= 0.3 is 0 Å². The highest BCUT2D eigenvalue weighted by Crippen LogP contribution is 2.67. The van der Waals surface area contributed by atoms with Gasteiger partial charge in [-0.05, 0) is 93.0 Å². The van der Waals surface area contributed by atoms with Crippen molar-refractivity contribution in [1.29, 1.82) is 0 Å². The van der Waals surface area contributed by atoms with Crippen molar-refractivity contribution in [3.63, 3.8) is 0 Å². The summed E-state index contributed by atoms with van der Waals surface area (Å²) in [6, 6.07) is 0. The van der Waals surface area contributed by atoms with Gasteiger partial charge in [0.2, 0.25) is 0 Å². The quantitative estimate of drug-likeness (QED) is 0.649. The summed E-state index contributed by atoms with van der Waals surface area (Å²) in [4.78, 5) is 11.8. The molecule has 0 aromatic carbocycles. The number of fused-ring (bicyclic) bond motifs is 6. The Labute approximate surface area is 140 Å². The highest BCUT2D eigenvalue weighted by atomic mass is 16.5. The van der Waals surface area contributed by atoms with Crippen molar-refractivity contribution in [3.8, 4) is 0 Å². The van der Waals surface area contributed by atoms with Crippen LogP contribution < -0.4 is 0 Å². The van der Waals surface area contributed by atoms with E-state index in [0.717, 1.165) is 43.1 Å². The summed E-state index contributed by atoms with van der Waals surface area (Å²) in [6.07, 6.45) is 14.5. The molecule has 0 aromatic rings. The van der Waals surface area contributed by atoms with Gasteiger partial charge in [-0.15, -0.1) is 0 Å². The third-order valence-corrected chi connectivity index (χ3v) is 8.69. The smallest absolute Gasteiger partial charge is 0.155 e. The number of hydrogen-bond acceptors (Lipinski definition) is 2. The van der Waals surface area contributed by atoms with Crippen LogP contribution in [0.25, 0.3) is 0 Å². The van der Waals surface area contributed by atoms with Crippen molar-refractivity contribution < 1.29 is 9.53 Å². The predicted molar refractivity (Wildman–Crippen MR) is 90.0 cm³/mol. The van der Waals surface area contributed by atoms with Gasteiger partial charge in [0.15, 0.2) is 5.78 Å². The third kappa shape index (κ3) is 1.88. The molecule has 2 heteroatoms. The first kappa shape index (κ1) is 14.7. The van der Waals surface area contributed by atoms with Crippen molar-refractivity contribution in [2.75, 3.05) is 6.61 Å². The number of ketones is 1. The second-order valence-corrected chi connectivity index (χ2v) is 9.24. The molecule has 23 heavy (non-hydrogen) atoms. The maximum atomic E-state index is 11.8. The topological polar surface area (TPSA) is 26.3 Å². The molecule has 4 aliphatic carbocycles. The van der Waals surface area contributed by atoms with E-state index >= 15 is 0 Å². The van der Waals surface area contributed by atoms with E-state index in [1.165, 1.54) is 56.9 Å². The molecule has 0 amide bonds. The average molecular weight is 314 g/mol. The van der Waals surface area contributed by atoms with Gasteiger partial charge in [0.1, 0.15) is 0 Å². The van der Waals surface area contributed by atoms with Gasteiger partial charge in [-0.1, -0.05) is 12.5 Å². The Morgan fingerprint density at radius 1 is 1.04 bits per heavy atom. The maximum Gasteiger partial charge on any atom is 0.155 e. The largest absolute Gasteiger partial charge is 0.374 e. The molecule has 1 aliphatic heterocycles. The lowest BCUT2D eigenvalue weighted by Gasteiger charge is -2.56. The van der Waals surface area contributed by atoms with E-state index in [9.17, 15) is 4.79 Å². The molecule has 1 saturated heterocycles. The Kier molecular flexibility index (Phi) is 3.15. The standard InChI is InChI=1S/C21H30O2/c1-20-10-7-17-16-6-4-15(22)13-14(16)3-5-18(17)19(20)8-11-21(20)9-2-12-23-21/h13,16-19H,2-12H2,1H3/t16-,17+,18+,19-,20-,21?/m0/s1. The number of allylic oxidation sites excluding steroid dienone is 1. The van der Waals surface area contributed by atoms with E-state index in [1.54, 1.807) is 0 Å². The van der Waals surface area contributed by atoms with Gasteiger partial charge < -0.3 is 4.74 Å². The molecular weight excluding hydrogens is 284 g/mol. The summed E-state index contributed by atoms with van der Waals surface area (Å²) in [6.45, 7) is 3.57. The third-order valence-electron chi connectivity index (χ3n) is 8.69. The SMILES string of the molecule is C[C@]12CC[C@H]3[C@@H](CCC4=CC(=O)CC[C@@H]43)[C@@H]1CCC21CCCO1. The van der Waals surface area contributed by atoms with E-state index < -0.39 is 0 Å². The summed E-state index contributed by atoms with van der Waals surface area (Å²) >= 11 is 0. The maximum absolute atomic E-state index is 11.8. The van der Waals surface area contributed by atoms with Crippen molar-refractivity contribution in [1.82, 2.24) is 0 Å². The van der Waals surface area contributed by atoms with Gasteiger partial charge in [-0.2, -0.15) is 0 Å². The van der Waals surface area contributed by atoms with Crippen LogP contribution in [0.2, 0.25) is 0 Å². The summed E-state index contributed by atoms with van der Waals surface area (Å²) in [5, 5.41) is 0. The molecule has 1 heterocycles. The van der Waals surface area contributed by atoms with Crippen LogP contribution in [0.15, 0.2) is 11.6 Å². The molecule has 0 N–H and O–H groups in total. The molecule has 6 atom stereocenters. The zero-order valence-corrected chi connectivity index (χ0v) is 14.5. The van der Waals surface area contributed by atoms with Crippen LogP contribution in [0.4, 0.5) is 0 Å². The van der Waals surface area contributed by atoms with Crippen LogP contribution in [0.3, 0.4) is 0 Å². The van der Waals surface area contributed by atoms with E-state index in [1.807, 2.05) is 6.08 Å². The van der Waals surface area contributed by atoms with E-state index in [0.29, 0.717) is 11.2 Å². The fraction of sp³-hybridized carbons (Fsp3) is 0.857. The molecule has 3 saturated carbocycles. The van der Waals surface area contributed by atoms with Crippen LogP contribution in [0, 0.1) is 29.1 Å². The highest BCUT2D eigenvalue weighted by Gasteiger charge is 2.63. The van der Waals surface area contributed by atoms with Crippen LogP contribution in [-0.2, 0) is 9.53 Å². The minimum atomic E-state index is 0.223. The van der Waals surface area contributed by atoms with Gasteiger partial charge in [0, 0.05) is 13.0 Å². The Morgan fingerprint density at radius 2 is 1.96 bits per heavy atom. The fourth-order valence-corrected chi connectivity index (χ4v) is 7.62. The Hall–Kier alpha value is -0.630. The lowest BCUT2D eigenvalue weighted by Crippen LogP contribution is -2.52. The molecule has 5 rings (SSSR count). The molecule has 1 spiro atoms. The molecule has 5 aliphatic rings. The molecular formula is C21H30O2. The first-order chi connectivity index (χ1) is 11.1. The Morgan fingerprint density at radius 3 is 2.78 bits per heavy atom. The summed E-state index contributed by atoms with van der Waals surface area (Å²) < 4.78 is 6.42. The molecule has 0 radical (unpaired) electrons. The Balaban J connectivity index is 1.46. The predicted octanol–water partition coefficient (Wildman–Crippen LogP) is 4.68. The molecule has 1 unspecified atom stereocenters. The van der Waals surface area contributed by atoms with Crippen LogP contribution in [0.1, 0.15) is 71.1 Å². The normalized spacial score (nSPS) is 52.0. The van der Waals surface area contributed by atoms with Crippen LogP contribution in [-0.4, -0.2) is 18.0 Å². The molecule has 0 aromatic heterocycles. The summed E-state index contributed by atoms with van der Waals surface area (Å²) in [5.74, 6) is 3.75. The average Bonchev–Trinajstić information content (AvgIpc) is 3.14. The van der Waals surface area contributed by atoms with Gasteiger partial charge in [-0.25, -0.2) is 0 Å². The minimum absolute atomic E-state index is 0.223. The molecule has 0 bridgehead atoms. The second kappa shape index (κ2) is 4.94. The molecule has 4 fully saturated rings. The first-order valence-electron chi connectivity index (χ1n) is 10.0. The van der Waals surface area contributed by atoms with Crippen molar-refractivity contribution >= 4 is 5.78 Å². The van der Waals surface area contributed by atoms with Crippen molar-refractivity contribution in [2.24, 2.45) is 29.1 Å². The number of carbonyl (C=O) groups excluding carboxylic acids is 1. The second-order valence-electron chi connectivity index (χ2n) is 9.24. The van der Waals surface area contributed by atoms with Gasteiger partial charge in [0.05, 0.1) is 5.60 Å². The van der Waals surface area contributed by atoms with E-state index in [4.69, 9.17) is 4.74 Å². The lowest BCUT2D eigenvalue weighted by molar-refractivity contribution is -0.128. The zero-order valence-electron chi connectivity index (χ0n) is 14.5. The monoisotopic (exact) mass is 314 g/mol. The van der Waals surface area contributed by atoms with Crippen molar-refractivity contribution in [3.05, 3.63) is 11.6 Å². The summed E-state index contributed by atoms with van der Waals surface area (Å²) in [5.41, 5.74) is 2.16. The number of hydrogen-bond donors (Lipinski definition) is 0. The highest BCUT2D eigenvalue weighted by molar-refractivity contribution is 5.91. The van der Waals surface area contributed by atoms with E-state index in [-0.39, 0.29) is 5.60 Å². The van der Waals surface area contributed by atoms with Crippen molar-refractivity contribution in [2.45, 2.75) is 76.7 Å². The zero-order chi connectivity index (χ0) is 15.7. The van der Waals surface area contributed by atoms with Gasteiger partial charge in [-0.3, -0.25) is 4.79 Å².